The number of aliphatic hydroxyl groups is 1. The highest BCUT2D eigenvalue weighted by molar-refractivity contribution is 9.10. The van der Waals surface area contributed by atoms with Crippen molar-refractivity contribution in [3.8, 4) is 0 Å². The van der Waals surface area contributed by atoms with Gasteiger partial charge in [0, 0.05) is 4.47 Å². The van der Waals surface area contributed by atoms with E-state index in [-0.39, 0.29) is 5.97 Å². The molecule has 1 N–H and O–H groups in total. The first-order valence-corrected chi connectivity index (χ1v) is 6.06. The van der Waals surface area contributed by atoms with E-state index in [1.165, 1.54) is 0 Å². The van der Waals surface area contributed by atoms with Gasteiger partial charge in [-0.05, 0) is 30.5 Å². The molecule has 0 spiro atoms. The largest absolute Gasteiger partial charge is 0.466 e. The van der Waals surface area contributed by atoms with Crippen molar-refractivity contribution >= 4 is 21.9 Å². The van der Waals surface area contributed by atoms with E-state index in [1.807, 2.05) is 18.2 Å². The number of fused-ring (bicyclic) bond motifs is 1. The standard InChI is InChI=1S/C12H13BrO3/c1-2-16-12(15)9-6-8-7(11(9)14)4-3-5-10(8)13/h3-5,9,11,14H,2,6H2,1H3/t9-,11-/m1/s1. The van der Waals surface area contributed by atoms with Gasteiger partial charge in [0.2, 0.25) is 0 Å². The highest BCUT2D eigenvalue weighted by Gasteiger charge is 2.37. The molecule has 0 saturated heterocycles. The van der Waals surface area contributed by atoms with Gasteiger partial charge in [0.05, 0.1) is 18.6 Å². The lowest BCUT2D eigenvalue weighted by atomic mass is 10.0. The molecule has 2 atom stereocenters. The second-order valence-corrected chi connectivity index (χ2v) is 4.67. The Bertz CT molecular complexity index is 417. The van der Waals surface area contributed by atoms with E-state index < -0.39 is 12.0 Å². The van der Waals surface area contributed by atoms with Crippen LogP contribution in [0.2, 0.25) is 0 Å². The third-order valence-electron chi connectivity index (χ3n) is 2.87. The van der Waals surface area contributed by atoms with E-state index in [0.29, 0.717) is 13.0 Å². The smallest absolute Gasteiger partial charge is 0.312 e. The predicted octanol–water partition coefficient (Wildman–Crippen LogP) is 2.22. The number of esters is 1. The summed E-state index contributed by atoms with van der Waals surface area (Å²) >= 11 is 3.43. The van der Waals surface area contributed by atoms with Gasteiger partial charge in [-0.25, -0.2) is 0 Å². The highest BCUT2D eigenvalue weighted by Crippen LogP contribution is 2.40. The quantitative estimate of drug-likeness (QED) is 0.847. The Morgan fingerprint density at radius 2 is 2.38 bits per heavy atom. The van der Waals surface area contributed by atoms with Crippen molar-refractivity contribution in [2.75, 3.05) is 6.61 Å². The molecule has 0 fully saturated rings. The van der Waals surface area contributed by atoms with Gasteiger partial charge in [-0.2, -0.15) is 0 Å². The monoisotopic (exact) mass is 284 g/mol. The minimum atomic E-state index is -0.744. The number of carbonyl (C=O) groups excluding carboxylic acids is 1. The zero-order valence-corrected chi connectivity index (χ0v) is 10.5. The van der Waals surface area contributed by atoms with Gasteiger partial charge in [-0.3, -0.25) is 4.79 Å². The van der Waals surface area contributed by atoms with Gasteiger partial charge < -0.3 is 9.84 Å². The zero-order valence-electron chi connectivity index (χ0n) is 8.94. The molecular weight excluding hydrogens is 272 g/mol. The molecule has 0 aliphatic heterocycles. The summed E-state index contributed by atoms with van der Waals surface area (Å²) in [5, 5.41) is 10.0. The Labute approximate surface area is 103 Å². The molecule has 1 aliphatic rings. The van der Waals surface area contributed by atoms with Crippen LogP contribution in [0.1, 0.15) is 24.2 Å². The second-order valence-electron chi connectivity index (χ2n) is 3.82. The van der Waals surface area contributed by atoms with Crippen LogP contribution in [-0.2, 0) is 16.0 Å². The maximum absolute atomic E-state index is 11.6. The van der Waals surface area contributed by atoms with Crippen LogP contribution in [-0.4, -0.2) is 17.7 Å². The molecule has 2 rings (SSSR count). The van der Waals surface area contributed by atoms with E-state index in [1.54, 1.807) is 6.92 Å². The second kappa shape index (κ2) is 4.55. The minimum absolute atomic E-state index is 0.321. The van der Waals surface area contributed by atoms with Crippen LogP contribution in [0.4, 0.5) is 0 Å². The Morgan fingerprint density at radius 3 is 3.00 bits per heavy atom. The molecule has 0 amide bonds. The number of hydrogen-bond acceptors (Lipinski definition) is 3. The van der Waals surface area contributed by atoms with Gasteiger partial charge in [0.25, 0.3) is 0 Å². The molecular formula is C12H13BrO3. The first kappa shape index (κ1) is 11.6. The molecule has 1 aliphatic carbocycles. The van der Waals surface area contributed by atoms with E-state index >= 15 is 0 Å². The fourth-order valence-corrected chi connectivity index (χ4v) is 2.62. The van der Waals surface area contributed by atoms with Crippen LogP contribution in [0.5, 0.6) is 0 Å². The van der Waals surface area contributed by atoms with Crippen LogP contribution >= 0.6 is 15.9 Å². The normalized spacial score (nSPS) is 22.9. The molecule has 1 aromatic carbocycles. The predicted molar refractivity (Wildman–Crippen MR) is 62.9 cm³/mol. The molecule has 0 heterocycles. The van der Waals surface area contributed by atoms with Gasteiger partial charge in [-0.1, -0.05) is 28.1 Å². The summed E-state index contributed by atoms with van der Waals surface area (Å²) in [6.07, 6.45) is -0.205. The van der Waals surface area contributed by atoms with E-state index in [0.717, 1.165) is 15.6 Å². The van der Waals surface area contributed by atoms with E-state index in [9.17, 15) is 9.90 Å². The number of halogens is 1. The summed E-state index contributed by atoms with van der Waals surface area (Å²) in [5.74, 6) is -0.785. The first-order valence-electron chi connectivity index (χ1n) is 5.27. The van der Waals surface area contributed by atoms with Crippen molar-refractivity contribution in [1.29, 1.82) is 0 Å². The van der Waals surface area contributed by atoms with Gasteiger partial charge in [0.15, 0.2) is 0 Å². The molecule has 86 valence electrons. The Kier molecular flexibility index (Phi) is 3.30. The SMILES string of the molecule is CCOC(=O)[C@@H]1Cc2c(Br)cccc2[C@H]1O. The fraction of sp³-hybridized carbons (Fsp3) is 0.417. The van der Waals surface area contributed by atoms with Crippen molar-refractivity contribution in [3.63, 3.8) is 0 Å². The van der Waals surface area contributed by atoms with Gasteiger partial charge >= 0.3 is 5.97 Å². The van der Waals surface area contributed by atoms with Crippen molar-refractivity contribution in [3.05, 3.63) is 33.8 Å². The summed E-state index contributed by atoms with van der Waals surface area (Å²) in [4.78, 5) is 11.6. The van der Waals surface area contributed by atoms with Crippen LogP contribution in [0.25, 0.3) is 0 Å². The van der Waals surface area contributed by atoms with Gasteiger partial charge in [0.1, 0.15) is 0 Å². The van der Waals surface area contributed by atoms with Crippen molar-refractivity contribution in [1.82, 2.24) is 0 Å². The van der Waals surface area contributed by atoms with Gasteiger partial charge in [-0.15, -0.1) is 0 Å². The van der Waals surface area contributed by atoms with Crippen molar-refractivity contribution in [2.24, 2.45) is 5.92 Å². The van der Waals surface area contributed by atoms with Crippen LogP contribution in [0.15, 0.2) is 22.7 Å². The third-order valence-corrected chi connectivity index (χ3v) is 3.61. The summed E-state index contributed by atoms with van der Waals surface area (Å²) in [6.45, 7) is 2.11. The maximum atomic E-state index is 11.6. The number of rotatable bonds is 2. The number of benzene rings is 1. The Morgan fingerprint density at radius 1 is 1.62 bits per heavy atom. The summed E-state index contributed by atoms with van der Waals surface area (Å²) in [6, 6.07) is 5.63. The molecule has 0 bridgehead atoms. The average Bonchev–Trinajstić information content (AvgIpc) is 2.59. The van der Waals surface area contributed by atoms with Crippen LogP contribution in [0.3, 0.4) is 0 Å². The van der Waals surface area contributed by atoms with E-state index in [2.05, 4.69) is 15.9 Å². The lowest BCUT2D eigenvalue weighted by Crippen LogP contribution is -2.21. The molecule has 0 saturated carbocycles. The third kappa shape index (κ3) is 1.87. The number of carbonyl (C=O) groups is 1. The van der Waals surface area contributed by atoms with Crippen molar-refractivity contribution < 1.29 is 14.6 Å². The molecule has 0 radical (unpaired) electrons. The van der Waals surface area contributed by atoms with E-state index in [4.69, 9.17) is 4.74 Å². The highest BCUT2D eigenvalue weighted by atomic mass is 79.9. The lowest BCUT2D eigenvalue weighted by molar-refractivity contribution is -0.151. The molecule has 3 nitrogen and oxygen atoms in total. The first-order chi connectivity index (χ1) is 7.65. The fourth-order valence-electron chi connectivity index (χ4n) is 2.08. The zero-order chi connectivity index (χ0) is 11.7. The Balaban J connectivity index is 2.27. The molecule has 4 heteroatoms. The summed E-state index contributed by atoms with van der Waals surface area (Å²) in [5.41, 5.74) is 1.83. The minimum Gasteiger partial charge on any atom is -0.466 e. The molecule has 0 unspecified atom stereocenters. The number of aliphatic hydroxyl groups excluding tert-OH is 1. The summed E-state index contributed by atoms with van der Waals surface area (Å²) < 4.78 is 5.89. The molecule has 1 aromatic rings. The lowest BCUT2D eigenvalue weighted by Gasteiger charge is -2.12. The van der Waals surface area contributed by atoms with Crippen molar-refractivity contribution in [2.45, 2.75) is 19.4 Å². The molecule has 16 heavy (non-hydrogen) atoms. The average molecular weight is 285 g/mol. The maximum Gasteiger partial charge on any atom is 0.312 e. The molecule has 0 aromatic heterocycles. The number of hydrogen-bond donors (Lipinski definition) is 1. The van der Waals surface area contributed by atoms with Crippen LogP contribution in [0, 0.1) is 5.92 Å². The Hall–Kier alpha value is -0.870. The summed E-state index contributed by atoms with van der Waals surface area (Å²) in [7, 11) is 0. The van der Waals surface area contributed by atoms with Crippen LogP contribution < -0.4 is 0 Å². The topological polar surface area (TPSA) is 46.5 Å². The number of ether oxygens (including phenoxy) is 1.